The van der Waals surface area contributed by atoms with Crippen molar-refractivity contribution in [3.63, 3.8) is 0 Å². The molecule has 4 heteroatoms. The summed E-state index contributed by atoms with van der Waals surface area (Å²) in [5, 5.41) is 10.3. The predicted octanol–water partition coefficient (Wildman–Crippen LogP) is 4.41. The number of aliphatic hydroxyl groups excluding tert-OH is 1. The minimum atomic E-state index is -0.453. The number of methoxy groups -OCH3 is 1. The second-order valence-corrected chi connectivity index (χ2v) is 6.87. The van der Waals surface area contributed by atoms with Gasteiger partial charge in [0.15, 0.2) is 0 Å². The lowest BCUT2D eigenvalue weighted by Gasteiger charge is -2.12. The fourth-order valence-electron chi connectivity index (χ4n) is 2.15. The van der Waals surface area contributed by atoms with E-state index in [0.717, 1.165) is 21.3 Å². The van der Waals surface area contributed by atoms with Gasteiger partial charge in [0.25, 0.3) is 0 Å². The van der Waals surface area contributed by atoms with E-state index in [1.54, 1.807) is 18.4 Å². The highest BCUT2D eigenvalue weighted by Gasteiger charge is 2.14. The van der Waals surface area contributed by atoms with Crippen molar-refractivity contribution in [3.8, 4) is 5.75 Å². The van der Waals surface area contributed by atoms with Gasteiger partial charge in [0.1, 0.15) is 5.75 Å². The van der Waals surface area contributed by atoms with E-state index < -0.39 is 6.10 Å². The van der Waals surface area contributed by atoms with Gasteiger partial charge in [-0.15, -0.1) is 11.3 Å². The largest absolute Gasteiger partial charge is 0.496 e. The van der Waals surface area contributed by atoms with Gasteiger partial charge >= 0.3 is 0 Å². The minimum absolute atomic E-state index is 0.453. The quantitative estimate of drug-likeness (QED) is 0.892. The van der Waals surface area contributed by atoms with E-state index in [1.807, 2.05) is 18.2 Å². The van der Waals surface area contributed by atoms with Crippen molar-refractivity contribution in [1.29, 1.82) is 0 Å². The maximum atomic E-state index is 10.3. The number of hydrogen-bond donors (Lipinski definition) is 1. The van der Waals surface area contributed by atoms with Gasteiger partial charge in [0.2, 0.25) is 0 Å². The normalized spacial score (nSPS) is 12.5. The Morgan fingerprint density at radius 3 is 2.58 bits per heavy atom. The highest BCUT2D eigenvalue weighted by molar-refractivity contribution is 9.10. The molecule has 1 unspecified atom stereocenters. The fraction of sp³-hybridized carbons (Fsp3) is 0.333. The summed E-state index contributed by atoms with van der Waals surface area (Å²) < 4.78 is 6.12. The Morgan fingerprint density at radius 2 is 2.05 bits per heavy atom. The van der Waals surface area contributed by atoms with E-state index >= 15 is 0 Å². The van der Waals surface area contributed by atoms with Gasteiger partial charge in [-0.1, -0.05) is 6.07 Å². The third kappa shape index (κ3) is 3.38. The average molecular weight is 341 g/mol. The maximum Gasteiger partial charge on any atom is 0.133 e. The molecule has 0 aliphatic carbocycles. The molecule has 0 bridgehead atoms. The fourth-order valence-corrected chi connectivity index (χ4v) is 3.72. The van der Waals surface area contributed by atoms with Gasteiger partial charge in [-0.2, -0.15) is 0 Å². The molecular formula is C15H17BrO2S. The van der Waals surface area contributed by atoms with Crippen molar-refractivity contribution in [1.82, 2.24) is 0 Å². The molecule has 1 aromatic heterocycles. The van der Waals surface area contributed by atoms with Crippen molar-refractivity contribution < 1.29 is 9.84 Å². The van der Waals surface area contributed by atoms with Crippen LogP contribution in [-0.4, -0.2) is 12.2 Å². The number of aliphatic hydroxyl groups is 1. The van der Waals surface area contributed by atoms with Crippen LogP contribution in [0.2, 0.25) is 0 Å². The van der Waals surface area contributed by atoms with E-state index in [0.29, 0.717) is 6.42 Å². The molecule has 2 rings (SSSR count). The van der Waals surface area contributed by atoms with Crippen molar-refractivity contribution in [3.05, 3.63) is 49.6 Å². The van der Waals surface area contributed by atoms with Crippen LogP contribution in [0.15, 0.2) is 28.7 Å². The third-order valence-corrected chi connectivity index (χ3v) is 4.69. The molecule has 0 saturated carbocycles. The molecule has 1 atom stereocenters. The lowest BCUT2D eigenvalue weighted by atomic mass is 10.0. The second kappa shape index (κ2) is 6.07. The molecule has 2 nitrogen and oxygen atoms in total. The SMILES string of the molecule is COc1ccc(CC(O)c2cc(C)sc2C)cc1Br. The molecule has 0 fully saturated rings. The summed E-state index contributed by atoms with van der Waals surface area (Å²) in [5.74, 6) is 0.806. The summed E-state index contributed by atoms with van der Waals surface area (Å²) in [5.41, 5.74) is 2.12. The number of thiophene rings is 1. The average Bonchev–Trinajstić information content (AvgIpc) is 2.69. The molecule has 0 radical (unpaired) electrons. The zero-order valence-corrected chi connectivity index (χ0v) is 13.6. The van der Waals surface area contributed by atoms with Crippen molar-refractivity contribution in [2.75, 3.05) is 7.11 Å². The molecule has 1 N–H and O–H groups in total. The minimum Gasteiger partial charge on any atom is -0.496 e. The Hall–Kier alpha value is -0.840. The number of aryl methyl sites for hydroxylation is 2. The predicted molar refractivity (Wildman–Crippen MR) is 83.2 cm³/mol. The second-order valence-electron chi connectivity index (χ2n) is 4.56. The van der Waals surface area contributed by atoms with Crippen LogP contribution in [-0.2, 0) is 6.42 Å². The monoisotopic (exact) mass is 340 g/mol. The van der Waals surface area contributed by atoms with Gasteiger partial charge in [-0.25, -0.2) is 0 Å². The number of rotatable bonds is 4. The first kappa shape index (κ1) is 14.6. The third-order valence-electron chi connectivity index (χ3n) is 3.08. The highest BCUT2D eigenvalue weighted by Crippen LogP contribution is 2.31. The first-order chi connectivity index (χ1) is 9.01. The Bertz CT molecular complexity index is 578. The van der Waals surface area contributed by atoms with Gasteiger partial charge in [0, 0.05) is 16.2 Å². The zero-order valence-electron chi connectivity index (χ0n) is 11.2. The van der Waals surface area contributed by atoms with E-state index in [1.165, 1.54) is 9.75 Å². The van der Waals surface area contributed by atoms with Crippen LogP contribution < -0.4 is 4.74 Å². The van der Waals surface area contributed by atoms with Gasteiger partial charge in [-0.3, -0.25) is 0 Å². The molecule has 19 heavy (non-hydrogen) atoms. The van der Waals surface area contributed by atoms with Crippen LogP contribution >= 0.6 is 27.3 Å². The Labute approximate surface area is 126 Å². The van der Waals surface area contributed by atoms with E-state index in [-0.39, 0.29) is 0 Å². The molecule has 1 aromatic carbocycles. The van der Waals surface area contributed by atoms with Gasteiger partial charge in [-0.05, 0) is 59.1 Å². The summed E-state index contributed by atoms with van der Waals surface area (Å²) in [6.45, 7) is 4.12. The number of benzene rings is 1. The van der Waals surface area contributed by atoms with E-state index in [9.17, 15) is 5.11 Å². The molecular weight excluding hydrogens is 324 g/mol. The zero-order chi connectivity index (χ0) is 14.0. The van der Waals surface area contributed by atoms with Crippen LogP contribution in [0.5, 0.6) is 5.75 Å². The van der Waals surface area contributed by atoms with Crippen LogP contribution in [0.3, 0.4) is 0 Å². The summed E-state index contributed by atoms with van der Waals surface area (Å²) in [4.78, 5) is 2.43. The van der Waals surface area contributed by atoms with Crippen molar-refractivity contribution >= 4 is 27.3 Å². The molecule has 102 valence electrons. The number of halogens is 1. The molecule has 0 aliphatic heterocycles. The van der Waals surface area contributed by atoms with Crippen LogP contribution in [0.25, 0.3) is 0 Å². The Kier molecular flexibility index (Phi) is 4.66. The number of ether oxygens (including phenoxy) is 1. The Morgan fingerprint density at radius 1 is 1.32 bits per heavy atom. The van der Waals surface area contributed by atoms with Crippen molar-refractivity contribution in [2.24, 2.45) is 0 Å². The lowest BCUT2D eigenvalue weighted by molar-refractivity contribution is 0.178. The maximum absolute atomic E-state index is 10.3. The molecule has 0 aliphatic rings. The van der Waals surface area contributed by atoms with Crippen LogP contribution in [0.1, 0.15) is 27.0 Å². The molecule has 0 amide bonds. The lowest BCUT2D eigenvalue weighted by Crippen LogP contribution is -2.02. The summed E-state index contributed by atoms with van der Waals surface area (Å²) in [7, 11) is 1.64. The topological polar surface area (TPSA) is 29.5 Å². The Balaban J connectivity index is 2.17. The van der Waals surface area contributed by atoms with E-state index in [4.69, 9.17) is 4.74 Å². The van der Waals surface area contributed by atoms with Gasteiger partial charge in [0.05, 0.1) is 17.7 Å². The van der Waals surface area contributed by atoms with Crippen molar-refractivity contribution in [2.45, 2.75) is 26.4 Å². The van der Waals surface area contributed by atoms with Gasteiger partial charge < -0.3 is 9.84 Å². The van der Waals surface area contributed by atoms with Crippen LogP contribution in [0, 0.1) is 13.8 Å². The summed E-state index contributed by atoms with van der Waals surface area (Å²) in [6.07, 6.45) is 0.157. The van der Waals surface area contributed by atoms with Crippen LogP contribution in [0.4, 0.5) is 0 Å². The molecule has 1 heterocycles. The first-order valence-corrected chi connectivity index (χ1v) is 7.69. The molecule has 0 saturated heterocycles. The number of hydrogen-bond acceptors (Lipinski definition) is 3. The molecule has 0 spiro atoms. The smallest absolute Gasteiger partial charge is 0.133 e. The standard InChI is InChI=1S/C15H17BrO2S/c1-9-6-12(10(2)19-9)14(17)8-11-4-5-15(18-3)13(16)7-11/h4-7,14,17H,8H2,1-3H3. The van der Waals surface area contributed by atoms with E-state index in [2.05, 4.69) is 35.8 Å². The highest BCUT2D eigenvalue weighted by atomic mass is 79.9. The first-order valence-electron chi connectivity index (χ1n) is 6.08. The summed E-state index contributed by atoms with van der Waals surface area (Å²) in [6, 6.07) is 7.97. The summed E-state index contributed by atoms with van der Waals surface area (Å²) >= 11 is 5.20. The molecule has 2 aromatic rings.